The van der Waals surface area contributed by atoms with E-state index in [0.29, 0.717) is 35.6 Å². The maximum absolute atomic E-state index is 13.9. The maximum Gasteiger partial charge on any atom is 0.336 e. The molecular weight excluding hydrogens is 524 g/mol. The highest BCUT2D eigenvalue weighted by molar-refractivity contribution is 6.04. The monoisotopic (exact) mass is 552 g/mol. The van der Waals surface area contributed by atoms with Crippen molar-refractivity contribution in [2.75, 3.05) is 13.4 Å². The fourth-order valence-electron chi connectivity index (χ4n) is 5.90. The number of nitro benzene ring substituents is 1. The Morgan fingerprint density at radius 3 is 2.41 bits per heavy atom. The number of ketones is 1. The third-order valence-corrected chi connectivity index (χ3v) is 7.81. The molecule has 2 aliphatic heterocycles. The minimum atomic E-state index is -1.01. The minimum absolute atomic E-state index is 0.0606. The van der Waals surface area contributed by atoms with E-state index < -0.39 is 16.8 Å². The lowest BCUT2D eigenvalue weighted by atomic mass is 9.71. The molecule has 0 radical (unpaired) electrons. The number of ether oxygens (including phenoxy) is 3. The molecule has 9 nitrogen and oxygen atoms in total. The molecule has 6 rings (SSSR count). The van der Waals surface area contributed by atoms with Gasteiger partial charge < -0.3 is 19.5 Å². The molecule has 0 saturated heterocycles. The molecule has 0 aromatic heterocycles. The van der Waals surface area contributed by atoms with Gasteiger partial charge in [0.15, 0.2) is 17.3 Å². The van der Waals surface area contributed by atoms with Gasteiger partial charge in [0.05, 0.1) is 29.1 Å². The number of hydrogen-bond acceptors (Lipinski definition) is 8. The first-order valence-corrected chi connectivity index (χ1v) is 13.5. The smallest absolute Gasteiger partial charge is 0.336 e. The van der Waals surface area contributed by atoms with Crippen LogP contribution in [-0.4, -0.2) is 30.1 Å². The van der Waals surface area contributed by atoms with Gasteiger partial charge >= 0.3 is 5.97 Å². The number of allylic oxidation sites excluding steroid dienone is 3. The van der Waals surface area contributed by atoms with E-state index in [4.69, 9.17) is 14.2 Å². The van der Waals surface area contributed by atoms with Crippen molar-refractivity contribution >= 4 is 17.4 Å². The van der Waals surface area contributed by atoms with E-state index in [-0.39, 0.29) is 54.1 Å². The van der Waals surface area contributed by atoms with Crippen LogP contribution in [0.2, 0.25) is 0 Å². The number of nitrogens with zero attached hydrogens (tertiary/aromatic N) is 1. The number of fused-ring (bicyclic) bond motifs is 1. The van der Waals surface area contributed by atoms with Crippen molar-refractivity contribution in [1.82, 2.24) is 5.32 Å². The second kappa shape index (κ2) is 10.9. The summed E-state index contributed by atoms with van der Waals surface area (Å²) in [6.07, 6.45) is 1.25. The summed E-state index contributed by atoms with van der Waals surface area (Å²) in [5.74, 6) is -1.30. The molecule has 0 amide bonds. The lowest BCUT2D eigenvalue weighted by molar-refractivity contribution is -0.385. The Bertz CT molecular complexity index is 1590. The Morgan fingerprint density at radius 1 is 1.02 bits per heavy atom. The van der Waals surface area contributed by atoms with Crippen LogP contribution in [0.4, 0.5) is 5.69 Å². The van der Waals surface area contributed by atoms with Crippen LogP contribution in [-0.2, 0) is 20.7 Å². The molecule has 2 atom stereocenters. The van der Waals surface area contributed by atoms with Gasteiger partial charge in [0, 0.05) is 35.4 Å². The average molecular weight is 553 g/mol. The van der Waals surface area contributed by atoms with Crippen LogP contribution in [0.1, 0.15) is 48.3 Å². The summed E-state index contributed by atoms with van der Waals surface area (Å²) in [6.45, 7) is 1.78. The van der Waals surface area contributed by atoms with Crippen molar-refractivity contribution in [2.24, 2.45) is 0 Å². The zero-order valence-electron chi connectivity index (χ0n) is 22.4. The van der Waals surface area contributed by atoms with Crippen LogP contribution in [0, 0.1) is 10.1 Å². The van der Waals surface area contributed by atoms with Gasteiger partial charge in [0.1, 0.15) is 0 Å². The van der Waals surface area contributed by atoms with Crippen molar-refractivity contribution in [3.05, 3.63) is 122 Å². The molecule has 3 aliphatic rings. The highest BCUT2D eigenvalue weighted by Crippen LogP contribution is 2.50. The number of nitrogens with one attached hydrogen (secondary N) is 1. The van der Waals surface area contributed by atoms with Crippen molar-refractivity contribution in [1.29, 1.82) is 0 Å². The molecule has 3 aromatic carbocycles. The molecule has 1 N–H and O–H groups in total. The van der Waals surface area contributed by atoms with Gasteiger partial charge in [-0.15, -0.1) is 0 Å². The number of carbonyl (C=O) groups is 2. The van der Waals surface area contributed by atoms with Crippen LogP contribution in [0.3, 0.4) is 0 Å². The van der Waals surface area contributed by atoms with Gasteiger partial charge in [-0.05, 0) is 36.5 Å². The normalized spacial score (nSPS) is 19.5. The van der Waals surface area contributed by atoms with E-state index in [9.17, 15) is 19.7 Å². The van der Waals surface area contributed by atoms with Crippen molar-refractivity contribution in [3.8, 4) is 11.5 Å². The lowest BCUT2D eigenvalue weighted by Gasteiger charge is -2.36. The molecule has 3 aromatic rings. The Labute approximate surface area is 236 Å². The van der Waals surface area contributed by atoms with Crippen LogP contribution < -0.4 is 14.8 Å². The summed E-state index contributed by atoms with van der Waals surface area (Å²) < 4.78 is 16.6. The number of dihydropyridines is 1. The van der Waals surface area contributed by atoms with Crippen LogP contribution in [0.25, 0.3) is 0 Å². The molecule has 9 heteroatoms. The van der Waals surface area contributed by atoms with Crippen molar-refractivity contribution < 1.29 is 28.7 Å². The number of nitro groups is 1. The molecule has 0 saturated carbocycles. The highest BCUT2D eigenvalue weighted by atomic mass is 16.7. The maximum atomic E-state index is 13.9. The predicted molar refractivity (Wildman–Crippen MR) is 149 cm³/mol. The van der Waals surface area contributed by atoms with Gasteiger partial charge in [-0.1, -0.05) is 60.7 Å². The number of hydrogen-bond donors (Lipinski definition) is 1. The standard InChI is InChI=1S/C32H28N2O7/c1-19-29(32(36)39-13-12-20-8-4-2-5-9-20)30(23-16-27-28(41-18-40-27)17-25(23)34(37)38)31-24(33-19)14-22(15-26(31)35)21-10-6-3-7-11-21/h2-11,16-17,22,30,33H,12-15,18H2,1H3/t22-,30-/m1/s1. The summed E-state index contributed by atoms with van der Waals surface area (Å²) in [5.41, 5.74) is 3.65. The number of carbonyl (C=O) groups excluding carboxylic acids is 2. The van der Waals surface area contributed by atoms with E-state index in [2.05, 4.69) is 5.32 Å². The van der Waals surface area contributed by atoms with Crippen LogP contribution in [0.5, 0.6) is 11.5 Å². The fraction of sp³-hybridized carbons (Fsp3) is 0.250. The van der Waals surface area contributed by atoms with E-state index >= 15 is 0 Å². The van der Waals surface area contributed by atoms with E-state index in [1.807, 2.05) is 60.7 Å². The molecule has 0 bridgehead atoms. The Morgan fingerprint density at radius 2 is 1.71 bits per heavy atom. The number of benzene rings is 3. The van der Waals surface area contributed by atoms with Crippen molar-refractivity contribution in [2.45, 2.75) is 38.0 Å². The summed E-state index contributed by atoms with van der Waals surface area (Å²) in [7, 11) is 0. The van der Waals surface area contributed by atoms with E-state index in [0.717, 1.165) is 11.1 Å². The van der Waals surface area contributed by atoms with Crippen LogP contribution >= 0.6 is 0 Å². The molecule has 41 heavy (non-hydrogen) atoms. The summed E-state index contributed by atoms with van der Waals surface area (Å²) in [5, 5.41) is 15.6. The second-order valence-corrected chi connectivity index (χ2v) is 10.3. The first-order chi connectivity index (χ1) is 19.9. The van der Waals surface area contributed by atoms with E-state index in [1.165, 1.54) is 12.1 Å². The first kappa shape index (κ1) is 26.3. The number of Topliss-reactive ketones (excluding diaryl/α,β-unsaturated/α-hetero) is 1. The fourth-order valence-corrected chi connectivity index (χ4v) is 5.90. The highest BCUT2D eigenvalue weighted by Gasteiger charge is 2.44. The lowest BCUT2D eigenvalue weighted by Crippen LogP contribution is -2.36. The zero-order valence-corrected chi connectivity index (χ0v) is 22.4. The van der Waals surface area contributed by atoms with E-state index in [1.54, 1.807) is 6.92 Å². The Balaban J connectivity index is 1.41. The SMILES string of the molecule is CC1=C(C(=O)OCCc2ccccc2)[C@@H](c2cc3c(cc2[N+](=O)[O-])OCO3)C2=C(C[C@@H](c3ccccc3)CC2=O)N1. The first-order valence-electron chi connectivity index (χ1n) is 13.5. The predicted octanol–water partition coefficient (Wildman–Crippen LogP) is 5.47. The quantitative estimate of drug-likeness (QED) is 0.233. The van der Waals surface area contributed by atoms with Crippen LogP contribution in [0.15, 0.2) is 95.3 Å². The molecule has 1 aliphatic carbocycles. The summed E-state index contributed by atoms with van der Waals surface area (Å²) in [4.78, 5) is 39.3. The Hall–Kier alpha value is -4.92. The average Bonchev–Trinajstić information content (AvgIpc) is 3.44. The minimum Gasteiger partial charge on any atom is -0.462 e. The summed E-state index contributed by atoms with van der Waals surface area (Å²) >= 11 is 0. The Kier molecular flexibility index (Phi) is 7.01. The summed E-state index contributed by atoms with van der Waals surface area (Å²) in [6, 6.07) is 22.2. The molecular formula is C32H28N2O7. The van der Waals surface area contributed by atoms with Gasteiger partial charge in [0.2, 0.25) is 6.79 Å². The molecule has 0 fully saturated rings. The van der Waals surface area contributed by atoms with Crippen molar-refractivity contribution in [3.63, 3.8) is 0 Å². The topological polar surface area (TPSA) is 117 Å². The number of esters is 1. The third-order valence-electron chi connectivity index (χ3n) is 7.81. The zero-order chi connectivity index (χ0) is 28.5. The largest absolute Gasteiger partial charge is 0.462 e. The number of rotatable bonds is 7. The molecule has 208 valence electrons. The van der Waals surface area contributed by atoms with Gasteiger partial charge in [-0.3, -0.25) is 14.9 Å². The van der Waals surface area contributed by atoms with Gasteiger partial charge in [-0.25, -0.2) is 4.79 Å². The van der Waals surface area contributed by atoms with Gasteiger partial charge in [-0.2, -0.15) is 0 Å². The molecule has 0 spiro atoms. The molecule has 2 heterocycles. The third kappa shape index (κ3) is 5.06. The second-order valence-electron chi connectivity index (χ2n) is 10.3. The van der Waals surface area contributed by atoms with Gasteiger partial charge in [0.25, 0.3) is 5.69 Å². The molecule has 0 unspecified atom stereocenters.